The van der Waals surface area contributed by atoms with Gasteiger partial charge in [0.15, 0.2) is 0 Å². The van der Waals surface area contributed by atoms with Crippen molar-refractivity contribution in [2.75, 3.05) is 11.9 Å². The number of fused-ring (bicyclic) bond motifs is 1. The number of aromatic nitrogens is 4. The lowest BCUT2D eigenvalue weighted by molar-refractivity contribution is -0.121. The smallest absolute Gasteiger partial charge is 0.242 e. The maximum atomic E-state index is 13.1. The molecule has 0 fully saturated rings. The third-order valence-corrected chi connectivity index (χ3v) is 5.06. The first-order chi connectivity index (χ1) is 15.1. The van der Waals surface area contributed by atoms with Crippen molar-refractivity contribution in [1.29, 1.82) is 0 Å². The van der Waals surface area contributed by atoms with E-state index in [-0.39, 0.29) is 5.91 Å². The average Bonchev–Trinajstić information content (AvgIpc) is 3.16. The molecule has 1 atom stereocenters. The Hall–Kier alpha value is -3.74. The Morgan fingerprint density at radius 2 is 1.71 bits per heavy atom. The van der Waals surface area contributed by atoms with Crippen molar-refractivity contribution in [2.45, 2.75) is 32.9 Å². The van der Waals surface area contributed by atoms with Crippen LogP contribution in [0.5, 0.6) is 0 Å². The molecular weight excluding hydrogens is 388 g/mol. The number of hydrogen-bond acceptors (Lipinski definition) is 5. The fraction of sp³-hybridized carbons (Fsp3) is 0.250. The number of carbonyl (C=O) groups excluding carboxylic acids is 1. The SMILES string of the molecule is Cc1cc(C)nc(NC(Cc2ccccc2)C(=O)NCCn2cnc3ccccc32)n1. The highest BCUT2D eigenvalue weighted by Gasteiger charge is 2.20. The molecule has 0 aliphatic heterocycles. The number of hydrogen-bond donors (Lipinski definition) is 2. The van der Waals surface area contributed by atoms with Crippen molar-refractivity contribution in [2.24, 2.45) is 0 Å². The molecule has 2 aromatic carbocycles. The van der Waals surface area contributed by atoms with E-state index in [4.69, 9.17) is 0 Å². The summed E-state index contributed by atoms with van der Waals surface area (Å²) in [5.74, 6) is 0.380. The molecule has 31 heavy (non-hydrogen) atoms. The summed E-state index contributed by atoms with van der Waals surface area (Å²) < 4.78 is 2.04. The fourth-order valence-electron chi connectivity index (χ4n) is 3.62. The third kappa shape index (κ3) is 5.25. The topological polar surface area (TPSA) is 84.7 Å². The van der Waals surface area contributed by atoms with E-state index in [1.807, 2.05) is 79.1 Å². The molecule has 4 aromatic rings. The Kier molecular flexibility index (Phi) is 6.21. The molecule has 0 aliphatic carbocycles. The minimum Gasteiger partial charge on any atom is -0.353 e. The van der Waals surface area contributed by atoms with E-state index >= 15 is 0 Å². The summed E-state index contributed by atoms with van der Waals surface area (Å²) in [5.41, 5.74) is 4.80. The predicted octanol–water partition coefficient (Wildman–Crippen LogP) is 3.28. The van der Waals surface area contributed by atoms with Gasteiger partial charge in [0.2, 0.25) is 11.9 Å². The molecule has 2 heterocycles. The lowest BCUT2D eigenvalue weighted by atomic mass is 10.1. The standard InChI is InChI=1S/C24H26N6O/c1-17-14-18(2)28-24(27-17)29-21(15-19-8-4-3-5-9-19)23(31)25-12-13-30-16-26-20-10-6-7-11-22(20)30/h3-11,14,16,21H,12-13,15H2,1-2H3,(H,25,31)(H,27,28,29). The normalized spacial score (nSPS) is 11.9. The second-order valence-electron chi connectivity index (χ2n) is 7.58. The zero-order chi connectivity index (χ0) is 21.6. The van der Waals surface area contributed by atoms with Gasteiger partial charge in [-0.1, -0.05) is 42.5 Å². The quantitative estimate of drug-likeness (QED) is 0.462. The summed E-state index contributed by atoms with van der Waals surface area (Å²) in [7, 11) is 0. The van der Waals surface area contributed by atoms with Crippen molar-refractivity contribution < 1.29 is 4.79 Å². The van der Waals surface area contributed by atoms with Gasteiger partial charge >= 0.3 is 0 Å². The summed E-state index contributed by atoms with van der Waals surface area (Å²) in [6.07, 6.45) is 2.34. The van der Waals surface area contributed by atoms with Gasteiger partial charge in [-0.15, -0.1) is 0 Å². The van der Waals surface area contributed by atoms with Crippen LogP contribution < -0.4 is 10.6 Å². The third-order valence-electron chi connectivity index (χ3n) is 5.06. The summed E-state index contributed by atoms with van der Waals surface area (Å²) in [5, 5.41) is 6.28. The molecular formula is C24H26N6O. The lowest BCUT2D eigenvalue weighted by Gasteiger charge is -2.19. The van der Waals surface area contributed by atoms with Gasteiger partial charge < -0.3 is 15.2 Å². The van der Waals surface area contributed by atoms with Gasteiger partial charge in [-0.3, -0.25) is 4.79 Å². The highest BCUT2D eigenvalue weighted by Crippen LogP contribution is 2.12. The molecule has 2 aromatic heterocycles. The van der Waals surface area contributed by atoms with Gasteiger partial charge in [0.25, 0.3) is 0 Å². The minimum atomic E-state index is -0.483. The maximum Gasteiger partial charge on any atom is 0.242 e. The number of para-hydroxylation sites is 2. The van der Waals surface area contributed by atoms with E-state index in [9.17, 15) is 4.79 Å². The summed E-state index contributed by atoms with van der Waals surface area (Å²) in [4.78, 5) is 26.3. The number of carbonyl (C=O) groups is 1. The second-order valence-corrected chi connectivity index (χ2v) is 7.58. The van der Waals surface area contributed by atoms with Crippen LogP contribution in [0.15, 0.2) is 67.0 Å². The molecule has 158 valence electrons. The summed E-state index contributed by atoms with van der Waals surface area (Å²) in [6.45, 7) is 4.98. The molecule has 7 heteroatoms. The summed E-state index contributed by atoms with van der Waals surface area (Å²) >= 11 is 0. The molecule has 0 radical (unpaired) electrons. The monoisotopic (exact) mass is 414 g/mol. The molecule has 1 amide bonds. The number of amides is 1. The van der Waals surface area contributed by atoms with Crippen LogP contribution in [0.25, 0.3) is 11.0 Å². The molecule has 0 bridgehead atoms. The van der Waals surface area contributed by atoms with E-state index in [0.717, 1.165) is 28.0 Å². The van der Waals surface area contributed by atoms with Gasteiger partial charge in [-0.05, 0) is 37.6 Å². The number of benzene rings is 2. The van der Waals surface area contributed by atoms with E-state index < -0.39 is 6.04 Å². The number of imidazole rings is 1. The number of anilines is 1. The van der Waals surface area contributed by atoms with Crippen LogP contribution in [0.3, 0.4) is 0 Å². The van der Waals surface area contributed by atoms with Crippen LogP contribution in [-0.2, 0) is 17.8 Å². The second kappa shape index (κ2) is 9.38. The van der Waals surface area contributed by atoms with Crippen molar-refractivity contribution in [3.05, 3.63) is 83.9 Å². The van der Waals surface area contributed by atoms with Crippen molar-refractivity contribution in [3.8, 4) is 0 Å². The van der Waals surface area contributed by atoms with Gasteiger partial charge in [-0.25, -0.2) is 15.0 Å². The molecule has 7 nitrogen and oxygen atoms in total. The van der Waals surface area contributed by atoms with Crippen molar-refractivity contribution in [1.82, 2.24) is 24.8 Å². The number of nitrogens with zero attached hydrogens (tertiary/aromatic N) is 4. The highest BCUT2D eigenvalue weighted by atomic mass is 16.2. The molecule has 0 saturated carbocycles. The van der Waals surface area contributed by atoms with E-state index in [1.165, 1.54) is 0 Å². The van der Waals surface area contributed by atoms with Crippen molar-refractivity contribution >= 4 is 22.9 Å². The first-order valence-corrected chi connectivity index (χ1v) is 10.4. The zero-order valence-electron chi connectivity index (χ0n) is 17.7. The molecule has 2 N–H and O–H groups in total. The molecule has 0 saturated heterocycles. The number of aryl methyl sites for hydroxylation is 2. The first kappa shape index (κ1) is 20.5. The van der Waals surface area contributed by atoms with Crippen LogP contribution in [0.2, 0.25) is 0 Å². The maximum absolute atomic E-state index is 13.1. The van der Waals surface area contributed by atoms with E-state index in [2.05, 4.69) is 25.6 Å². The Labute approximate surface area is 181 Å². The molecule has 1 unspecified atom stereocenters. The van der Waals surface area contributed by atoms with Gasteiger partial charge in [0.05, 0.1) is 17.4 Å². The van der Waals surface area contributed by atoms with Crippen LogP contribution in [0.4, 0.5) is 5.95 Å². The highest BCUT2D eigenvalue weighted by molar-refractivity contribution is 5.84. The number of nitrogens with one attached hydrogen (secondary N) is 2. The van der Waals surface area contributed by atoms with Crippen LogP contribution in [-0.4, -0.2) is 38.0 Å². The largest absolute Gasteiger partial charge is 0.353 e. The zero-order valence-corrected chi connectivity index (χ0v) is 17.7. The Balaban J connectivity index is 1.45. The lowest BCUT2D eigenvalue weighted by Crippen LogP contribution is -2.42. The average molecular weight is 415 g/mol. The molecule has 0 spiro atoms. The van der Waals surface area contributed by atoms with Gasteiger partial charge in [0, 0.05) is 30.9 Å². The molecule has 4 rings (SSSR count). The van der Waals surface area contributed by atoms with Crippen LogP contribution >= 0.6 is 0 Å². The van der Waals surface area contributed by atoms with Crippen LogP contribution in [0, 0.1) is 13.8 Å². The van der Waals surface area contributed by atoms with Gasteiger partial charge in [0.1, 0.15) is 6.04 Å². The minimum absolute atomic E-state index is 0.0870. The predicted molar refractivity (Wildman–Crippen MR) is 122 cm³/mol. The van der Waals surface area contributed by atoms with Crippen LogP contribution in [0.1, 0.15) is 17.0 Å². The first-order valence-electron chi connectivity index (χ1n) is 10.4. The Bertz CT molecular complexity index is 1150. The van der Waals surface area contributed by atoms with Crippen molar-refractivity contribution in [3.63, 3.8) is 0 Å². The Morgan fingerprint density at radius 1 is 1.00 bits per heavy atom. The van der Waals surface area contributed by atoms with E-state index in [1.54, 1.807) is 6.33 Å². The van der Waals surface area contributed by atoms with E-state index in [0.29, 0.717) is 25.5 Å². The fourth-order valence-corrected chi connectivity index (χ4v) is 3.62. The summed E-state index contributed by atoms with van der Waals surface area (Å²) in [6, 6.07) is 19.3. The Morgan fingerprint density at radius 3 is 2.48 bits per heavy atom. The molecule has 0 aliphatic rings. The van der Waals surface area contributed by atoms with Gasteiger partial charge in [-0.2, -0.15) is 0 Å². The number of rotatable bonds is 8.